The van der Waals surface area contributed by atoms with Crippen LogP contribution in [0.2, 0.25) is 10.0 Å². The van der Waals surface area contributed by atoms with Gasteiger partial charge in [0.2, 0.25) is 17.8 Å². The van der Waals surface area contributed by atoms with Gasteiger partial charge in [-0.2, -0.15) is 4.98 Å². The summed E-state index contributed by atoms with van der Waals surface area (Å²) in [6.45, 7) is 0.821. The van der Waals surface area contributed by atoms with Crippen LogP contribution in [0, 0.1) is 11.7 Å². The molecule has 38 heavy (non-hydrogen) atoms. The lowest BCUT2D eigenvalue weighted by molar-refractivity contribution is -0.122. The summed E-state index contributed by atoms with van der Waals surface area (Å²) in [6.07, 6.45) is 4.63. The smallest absolute Gasteiger partial charge is 0.407 e. The van der Waals surface area contributed by atoms with E-state index in [9.17, 15) is 19.1 Å². The van der Waals surface area contributed by atoms with Crippen LogP contribution in [0.25, 0.3) is 11.2 Å². The molecule has 1 aliphatic heterocycles. The number of carbonyl (C=O) groups excluding carboxylic acids is 1. The zero-order valence-electron chi connectivity index (χ0n) is 20.3. The number of anilines is 3. The van der Waals surface area contributed by atoms with Gasteiger partial charge in [-0.3, -0.25) is 9.36 Å². The number of carbonyl (C=O) groups is 2. The van der Waals surface area contributed by atoms with Crippen LogP contribution < -0.4 is 16.4 Å². The van der Waals surface area contributed by atoms with Gasteiger partial charge in [-0.15, -0.1) is 0 Å². The Morgan fingerprint density at radius 1 is 1.13 bits per heavy atom. The minimum absolute atomic E-state index is 0.0284. The maximum atomic E-state index is 14.8. The molecule has 14 heteroatoms. The summed E-state index contributed by atoms with van der Waals surface area (Å²) in [5.41, 5.74) is 6.56. The van der Waals surface area contributed by atoms with Crippen molar-refractivity contribution in [3.63, 3.8) is 0 Å². The highest BCUT2D eigenvalue weighted by atomic mass is 35.5. The number of hydrogen-bond acceptors (Lipinski definition) is 7. The molecule has 1 unspecified atom stereocenters. The normalized spacial score (nSPS) is 21.9. The summed E-state index contributed by atoms with van der Waals surface area (Å²) in [5.74, 6) is -0.483. The van der Waals surface area contributed by atoms with E-state index >= 15 is 0 Å². The summed E-state index contributed by atoms with van der Waals surface area (Å²) >= 11 is 12.2. The highest BCUT2D eigenvalue weighted by molar-refractivity contribution is 6.36. The molecule has 1 aromatic carbocycles. The molecule has 3 aromatic rings. The van der Waals surface area contributed by atoms with Crippen LogP contribution >= 0.6 is 23.2 Å². The summed E-state index contributed by atoms with van der Waals surface area (Å²) in [7, 11) is 0. The lowest BCUT2D eigenvalue weighted by Crippen LogP contribution is -2.44. The first-order chi connectivity index (χ1) is 18.2. The number of nitrogens with one attached hydrogen (secondary N) is 2. The molecule has 2 amide bonds. The fourth-order valence-corrected chi connectivity index (χ4v) is 5.75. The van der Waals surface area contributed by atoms with Crippen molar-refractivity contribution in [2.75, 3.05) is 23.7 Å². The lowest BCUT2D eigenvalue weighted by Gasteiger charge is -2.31. The van der Waals surface area contributed by atoms with Gasteiger partial charge in [-0.05, 0) is 50.7 Å². The Morgan fingerprint density at radius 3 is 2.58 bits per heavy atom. The molecule has 1 atom stereocenters. The fraction of sp³-hybridized carbons (Fsp3) is 0.458. The second kappa shape index (κ2) is 10.8. The third kappa shape index (κ3) is 5.41. The van der Waals surface area contributed by atoms with E-state index in [2.05, 4.69) is 20.6 Å². The van der Waals surface area contributed by atoms with Crippen LogP contribution in [0.5, 0.6) is 0 Å². The molecule has 1 aliphatic carbocycles. The van der Waals surface area contributed by atoms with Crippen LogP contribution in [0.1, 0.15) is 44.6 Å². The Labute approximate surface area is 227 Å². The molecule has 1 saturated carbocycles. The zero-order chi connectivity index (χ0) is 27.0. The molecule has 5 N–H and O–H groups in total. The van der Waals surface area contributed by atoms with Crippen molar-refractivity contribution in [2.45, 2.75) is 50.6 Å². The third-order valence-corrected chi connectivity index (χ3v) is 7.68. The average Bonchev–Trinajstić information content (AvgIpc) is 3.23. The molecule has 0 bridgehead atoms. The van der Waals surface area contributed by atoms with Gasteiger partial charge in [0.25, 0.3) is 0 Å². The number of halogens is 3. The van der Waals surface area contributed by atoms with E-state index in [0.29, 0.717) is 61.8 Å². The first-order valence-electron chi connectivity index (χ1n) is 12.4. The molecule has 5 rings (SSSR count). The topological polar surface area (TPSA) is 151 Å². The summed E-state index contributed by atoms with van der Waals surface area (Å²) in [6, 6.07) is 2.37. The van der Waals surface area contributed by atoms with Crippen LogP contribution in [-0.4, -0.2) is 60.7 Å². The quantitative estimate of drug-likeness (QED) is 0.333. The van der Waals surface area contributed by atoms with E-state index in [1.807, 2.05) is 4.57 Å². The number of imidazole rings is 1. The number of likely N-dealkylation sites (tertiary alicyclic amines) is 1. The lowest BCUT2D eigenvalue weighted by atomic mass is 9.85. The Morgan fingerprint density at radius 2 is 1.89 bits per heavy atom. The number of primary amides is 1. The van der Waals surface area contributed by atoms with Gasteiger partial charge < -0.3 is 26.4 Å². The Balaban J connectivity index is 1.50. The summed E-state index contributed by atoms with van der Waals surface area (Å²) in [4.78, 5) is 38.2. The van der Waals surface area contributed by atoms with Gasteiger partial charge in [-0.25, -0.2) is 19.2 Å². The van der Waals surface area contributed by atoms with Crippen molar-refractivity contribution >= 4 is 64.0 Å². The minimum atomic E-state index is -0.957. The number of aromatic nitrogens is 4. The average molecular weight is 565 g/mol. The van der Waals surface area contributed by atoms with E-state index < -0.39 is 11.9 Å². The number of fused-ring (bicyclic) bond motifs is 1. The van der Waals surface area contributed by atoms with Crippen LogP contribution in [0.3, 0.4) is 0 Å². The monoisotopic (exact) mass is 564 g/mol. The third-order valence-electron chi connectivity index (χ3n) is 7.17. The first-order valence-corrected chi connectivity index (χ1v) is 13.2. The highest BCUT2D eigenvalue weighted by Gasteiger charge is 2.30. The van der Waals surface area contributed by atoms with E-state index in [-0.39, 0.29) is 39.6 Å². The maximum absolute atomic E-state index is 14.8. The number of rotatable bonds is 6. The van der Waals surface area contributed by atoms with Crippen molar-refractivity contribution in [1.29, 1.82) is 0 Å². The number of benzene rings is 1. The SMILES string of the molecule is NC(=O)C1CCC(n2c(Nc3c(F)cc(Cl)cc3Cl)nc3cnc(NC4CCCN(C(=O)O)C4)nc32)CC1. The van der Waals surface area contributed by atoms with Crippen molar-refractivity contribution in [3.05, 3.63) is 34.2 Å². The molecule has 11 nitrogen and oxygen atoms in total. The number of piperidine rings is 1. The standard InChI is InChI=1S/C24H27Cl2FN8O3/c25-13-8-16(26)19(17(27)9-13)32-23-31-18-10-29-22(30-14-2-1-7-34(11-14)24(37)38)33-21(18)35(23)15-5-3-12(4-6-15)20(28)36/h8-10,12,14-15H,1-7,11H2,(H2,28,36)(H,31,32)(H,37,38)(H,29,30,33). The zero-order valence-corrected chi connectivity index (χ0v) is 21.8. The molecule has 3 heterocycles. The largest absolute Gasteiger partial charge is 0.465 e. The number of nitrogens with zero attached hydrogens (tertiary/aromatic N) is 5. The Hall–Kier alpha value is -3.38. The summed E-state index contributed by atoms with van der Waals surface area (Å²) < 4.78 is 16.7. The number of carboxylic acid groups (broad SMARTS) is 1. The van der Waals surface area contributed by atoms with Crippen molar-refractivity contribution in [3.8, 4) is 0 Å². The van der Waals surface area contributed by atoms with Gasteiger partial charge in [-0.1, -0.05) is 23.2 Å². The molecular formula is C24H27Cl2FN8O3. The van der Waals surface area contributed by atoms with E-state index in [4.69, 9.17) is 33.9 Å². The highest BCUT2D eigenvalue weighted by Crippen LogP contribution is 2.38. The van der Waals surface area contributed by atoms with Crippen LogP contribution in [0.4, 0.5) is 26.8 Å². The molecule has 2 fully saturated rings. The van der Waals surface area contributed by atoms with E-state index in [1.54, 1.807) is 6.20 Å². The summed E-state index contributed by atoms with van der Waals surface area (Å²) in [5, 5.41) is 15.9. The predicted molar refractivity (Wildman–Crippen MR) is 141 cm³/mol. The van der Waals surface area contributed by atoms with Crippen molar-refractivity contribution in [2.24, 2.45) is 11.7 Å². The Kier molecular flexibility index (Phi) is 7.44. The van der Waals surface area contributed by atoms with E-state index in [0.717, 1.165) is 18.9 Å². The minimum Gasteiger partial charge on any atom is -0.465 e. The molecule has 2 aromatic heterocycles. The number of hydrogen-bond donors (Lipinski definition) is 4. The maximum Gasteiger partial charge on any atom is 0.407 e. The predicted octanol–water partition coefficient (Wildman–Crippen LogP) is 4.79. The number of amides is 2. The molecule has 2 aliphatic rings. The number of nitrogens with two attached hydrogens (primary N) is 1. The fourth-order valence-electron chi connectivity index (χ4n) is 5.24. The Bertz CT molecular complexity index is 1360. The van der Waals surface area contributed by atoms with E-state index in [1.165, 1.54) is 11.0 Å². The van der Waals surface area contributed by atoms with Crippen molar-refractivity contribution in [1.82, 2.24) is 24.4 Å². The molecule has 0 spiro atoms. The van der Waals surface area contributed by atoms with Gasteiger partial charge in [0.1, 0.15) is 11.3 Å². The molecule has 1 saturated heterocycles. The van der Waals surface area contributed by atoms with Gasteiger partial charge >= 0.3 is 6.09 Å². The second-order valence-corrected chi connectivity index (χ2v) is 10.5. The first kappa shape index (κ1) is 26.2. The second-order valence-electron chi connectivity index (χ2n) is 9.70. The van der Waals surface area contributed by atoms with Crippen LogP contribution in [-0.2, 0) is 4.79 Å². The molecule has 0 radical (unpaired) electrons. The van der Waals surface area contributed by atoms with Gasteiger partial charge in [0.15, 0.2) is 5.65 Å². The molecule has 202 valence electrons. The molecular weight excluding hydrogens is 538 g/mol. The van der Waals surface area contributed by atoms with Gasteiger partial charge in [0.05, 0.1) is 16.9 Å². The van der Waals surface area contributed by atoms with Crippen molar-refractivity contribution < 1.29 is 19.1 Å². The van der Waals surface area contributed by atoms with Gasteiger partial charge in [0, 0.05) is 36.1 Å². The van der Waals surface area contributed by atoms with Crippen LogP contribution in [0.15, 0.2) is 18.3 Å².